The maximum absolute atomic E-state index is 13.9. The third kappa shape index (κ3) is 29.5. The van der Waals surface area contributed by atoms with Crippen LogP contribution in [0.15, 0.2) is 60.7 Å². The van der Waals surface area contributed by atoms with Gasteiger partial charge in [-0.15, -0.1) is 0 Å². The summed E-state index contributed by atoms with van der Waals surface area (Å²) in [6.45, 7) is 3.60. The lowest BCUT2D eigenvalue weighted by Crippen LogP contribution is -2.30. The average Bonchev–Trinajstić information content (AvgIpc) is 3.24. The van der Waals surface area contributed by atoms with Gasteiger partial charge in [0.2, 0.25) is 0 Å². The molecule has 12 heteroatoms. The molecule has 0 aliphatic rings. The van der Waals surface area contributed by atoms with E-state index in [0.717, 1.165) is 44.1 Å². The second kappa shape index (κ2) is 35.4. The van der Waals surface area contributed by atoms with Crippen LogP contribution in [-0.2, 0) is 44.0 Å². The maximum Gasteiger partial charge on any atom is 0.530 e. The van der Waals surface area contributed by atoms with E-state index < -0.39 is 38.6 Å². The van der Waals surface area contributed by atoms with Crippen LogP contribution >= 0.6 is 7.82 Å². The molecule has 2 rings (SSSR count). The number of rotatable bonds is 38. The molecule has 59 heavy (non-hydrogen) atoms. The molecule has 1 N–H and O–H groups in total. The van der Waals surface area contributed by atoms with E-state index in [1.165, 1.54) is 96.3 Å². The van der Waals surface area contributed by atoms with Crippen LogP contribution in [0.3, 0.4) is 0 Å². The fourth-order valence-corrected chi connectivity index (χ4v) is 7.67. The molecule has 0 radical (unpaired) electrons. The van der Waals surface area contributed by atoms with Gasteiger partial charge in [0.1, 0.15) is 25.6 Å². The van der Waals surface area contributed by atoms with E-state index in [-0.39, 0.29) is 45.0 Å². The summed E-state index contributed by atoms with van der Waals surface area (Å²) < 4.78 is 47.4. The summed E-state index contributed by atoms with van der Waals surface area (Å²) in [4.78, 5) is 37.9. The van der Waals surface area contributed by atoms with Crippen LogP contribution in [0.1, 0.15) is 174 Å². The molecule has 1 unspecified atom stereocenters. The monoisotopic (exact) mass is 846 g/mol. The van der Waals surface area contributed by atoms with Gasteiger partial charge in [-0.05, 0) is 30.5 Å². The van der Waals surface area contributed by atoms with E-state index in [4.69, 9.17) is 27.8 Å². The predicted molar refractivity (Wildman–Crippen MR) is 234 cm³/mol. The Labute approximate surface area is 356 Å². The highest BCUT2D eigenvalue weighted by molar-refractivity contribution is 7.48. The number of hydrogen-bond acceptors (Lipinski definition) is 10. The van der Waals surface area contributed by atoms with Crippen molar-refractivity contribution < 1.29 is 46.7 Å². The number of esters is 2. The van der Waals surface area contributed by atoms with Crippen molar-refractivity contribution in [2.24, 2.45) is 0 Å². The van der Waals surface area contributed by atoms with Crippen molar-refractivity contribution in [3.8, 4) is 5.75 Å². The zero-order valence-electron chi connectivity index (χ0n) is 36.4. The van der Waals surface area contributed by atoms with Crippen molar-refractivity contribution >= 4 is 25.9 Å². The first-order valence-corrected chi connectivity index (χ1v) is 24.2. The molecule has 1 amide bonds. The van der Waals surface area contributed by atoms with Crippen LogP contribution in [0.25, 0.3) is 0 Å². The van der Waals surface area contributed by atoms with Crippen molar-refractivity contribution in [3.05, 3.63) is 66.2 Å². The second-order valence-electron chi connectivity index (χ2n) is 15.3. The molecule has 0 saturated heterocycles. The predicted octanol–water partition coefficient (Wildman–Crippen LogP) is 13.0. The molecule has 0 fully saturated rings. The Kier molecular flexibility index (Phi) is 31.0. The molecule has 2 aromatic rings. The Morgan fingerprint density at radius 1 is 0.559 bits per heavy atom. The van der Waals surface area contributed by atoms with Gasteiger partial charge >= 0.3 is 25.9 Å². The minimum absolute atomic E-state index is 0.0485. The van der Waals surface area contributed by atoms with Crippen LogP contribution in [0.2, 0.25) is 0 Å². The molecular weight excluding hydrogens is 769 g/mol. The number of ether oxygens (including phenoxy) is 3. The average molecular weight is 846 g/mol. The van der Waals surface area contributed by atoms with Crippen molar-refractivity contribution in [2.45, 2.75) is 181 Å². The minimum Gasteiger partial charge on any atom is -0.462 e. The van der Waals surface area contributed by atoms with Gasteiger partial charge in [-0.2, -0.15) is 0 Å². The highest BCUT2D eigenvalue weighted by Crippen LogP contribution is 2.49. The van der Waals surface area contributed by atoms with Crippen LogP contribution in [0.5, 0.6) is 5.75 Å². The van der Waals surface area contributed by atoms with E-state index in [2.05, 4.69) is 19.2 Å². The molecule has 2 atom stereocenters. The summed E-state index contributed by atoms with van der Waals surface area (Å²) in [5, 5.41) is 2.56. The number of amides is 1. The lowest BCUT2D eigenvalue weighted by molar-refractivity contribution is -0.161. The van der Waals surface area contributed by atoms with Crippen LogP contribution < -0.4 is 9.84 Å². The first-order valence-electron chi connectivity index (χ1n) is 22.8. The fraction of sp³-hybridized carbons (Fsp3) is 0.681. The van der Waals surface area contributed by atoms with Crippen LogP contribution in [-0.4, -0.2) is 50.5 Å². The van der Waals surface area contributed by atoms with E-state index in [9.17, 15) is 18.9 Å². The number of phosphoric ester groups is 1. The number of unbranched alkanes of at least 4 members (excludes halogenated alkanes) is 20. The van der Waals surface area contributed by atoms with Crippen molar-refractivity contribution in [3.63, 3.8) is 0 Å². The summed E-state index contributed by atoms with van der Waals surface area (Å²) in [5.74, 6) is -0.610. The van der Waals surface area contributed by atoms with Gasteiger partial charge in [0.15, 0.2) is 6.10 Å². The molecular formula is C47H76NO10P. The summed E-state index contributed by atoms with van der Waals surface area (Å²) in [6, 6.07) is 17.6. The van der Waals surface area contributed by atoms with Gasteiger partial charge < -0.3 is 24.1 Å². The smallest absolute Gasteiger partial charge is 0.462 e. The number of nitrogens with one attached hydrogen (secondary N) is 1. The Morgan fingerprint density at radius 2 is 1.03 bits per heavy atom. The van der Waals surface area contributed by atoms with Gasteiger partial charge in [0.05, 0.1) is 6.61 Å². The lowest BCUT2D eigenvalue weighted by atomic mass is 10.1. The number of para-hydroxylation sites is 1. The quantitative estimate of drug-likeness (QED) is 0.0301. The van der Waals surface area contributed by atoms with Gasteiger partial charge in [-0.25, -0.2) is 9.36 Å². The first-order chi connectivity index (χ1) is 28.8. The van der Waals surface area contributed by atoms with E-state index in [1.54, 1.807) is 30.3 Å². The lowest BCUT2D eigenvalue weighted by Gasteiger charge is -2.22. The van der Waals surface area contributed by atoms with Crippen LogP contribution in [0, 0.1) is 0 Å². The third-order valence-corrected chi connectivity index (χ3v) is 11.3. The van der Waals surface area contributed by atoms with Crippen molar-refractivity contribution in [2.75, 3.05) is 26.4 Å². The zero-order chi connectivity index (χ0) is 42.5. The highest BCUT2D eigenvalue weighted by Gasteiger charge is 2.32. The van der Waals surface area contributed by atoms with Gasteiger partial charge in [0, 0.05) is 19.4 Å². The van der Waals surface area contributed by atoms with Gasteiger partial charge in [0.25, 0.3) is 0 Å². The van der Waals surface area contributed by atoms with E-state index in [1.807, 2.05) is 30.3 Å². The molecule has 0 aliphatic heterocycles. The topological polar surface area (TPSA) is 136 Å². The van der Waals surface area contributed by atoms with Crippen molar-refractivity contribution in [1.82, 2.24) is 5.32 Å². The maximum atomic E-state index is 13.9. The Bertz CT molecular complexity index is 1380. The number of phosphoric acid groups is 1. The Morgan fingerprint density at radius 3 is 1.56 bits per heavy atom. The van der Waals surface area contributed by atoms with E-state index >= 15 is 0 Å². The number of carbonyl (C=O) groups excluding carboxylic acids is 3. The molecule has 0 saturated carbocycles. The summed E-state index contributed by atoms with van der Waals surface area (Å²) in [5.41, 5.74) is 0.835. The second-order valence-corrected chi connectivity index (χ2v) is 16.9. The molecule has 334 valence electrons. The highest BCUT2D eigenvalue weighted by atomic mass is 31.2. The van der Waals surface area contributed by atoms with Gasteiger partial charge in [-0.3, -0.25) is 18.6 Å². The molecule has 0 spiro atoms. The zero-order valence-corrected chi connectivity index (χ0v) is 37.3. The molecule has 0 aromatic heterocycles. The first kappa shape index (κ1) is 51.7. The molecule has 0 bridgehead atoms. The van der Waals surface area contributed by atoms with Crippen molar-refractivity contribution in [1.29, 1.82) is 0 Å². The largest absolute Gasteiger partial charge is 0.530 e. The summed E-state index contributed by atoms with van der Waals surface area (Å²) >= 11 is 0. The van der Waals surface area contributed by atoms with Gasteiger partial charge in [-0.1, -0.05) is 191 Å². The SMILES string of the molecule is CCCCCCCCCCCCCC(=O)OC[C@H](COP(=O)(OCCNC(=O)OCc1ccccc1)Oc1ccccc1)OC(=O)CCCCCCCCCCCCC. The summed E-state index contributed by atoms with van der Waals surface area (Å²) in [6.07, 6.45) is 24.4. The molecule has 2 aromatic carbocycles. The molecule has 11 nitrogen and oxygen atoms in total. The summed E-state index contributed by atoms with van der Waals surface area (Å²) in [7, 11) is -4.32. The third-order valence-electron chi connectivity index (χ3n) is 9.91. The normalized spacial score (nSPS) is 12.6. The fourth-order valence-electron chi connectivity index (χ4n) is 6.45. The Hall–Kier alpha value is -3.40. The number of carbonyl (C=O) groups is 3. The number of hydrogen-bond donors (Lipinski definition) is 1. The Balaban J connectivity index is 1.88. The molecule has 0 heterocycles. The number of benzene rings is 2. The number of alkyl carbamates (subject to hydrolysis) is 1. The standard InChI is InChI=1S/C47H76NO10P/c1-3-5-7-9-11-13-15-17-19-21-29-35-45(49)53-40-44(57-46(50)36-30-22-20-18-16-14-12-10-8-6-4-2)41-56-59(52,58-43-33-27-24-28-34-43)55-38-37-48-47(51)54-39-42-31-25-23-26-32-42/h23-28,31-34,44H,3-22,29-30,35-41H2,1-2H3,(H,48,51)/t44-,59?/m1/s1. The van der Waals surface area contributed by atoms with Crippen LogP contribution in [0.4, 0.5) is 4.79 Å². The minimum atomic E-state index is -4.32. The molecule has 0 aliphatic carbocycles. The van der Waals surface area contributed by atoms with E-state index in [0.29, 0.717) is 6.42 Å².